The van der Waals surface area contributed by atoms with Crippen molar-refractivity contribution in [1.29, 1.82) is 0 Å². The lowest BCUT2D eigenvalue weighted by Crippen LogP contribution is -1.85. The number of hydrogen-bond acceptors (Lipinski definition) is 2. The zero-order valence-electron chi connectivity index (χ0n) is 8.18. The van der Waals surface area contributed by atoms with Gasteiger partial charge in [0.25, 0.3) is 0 Å². The van der Waals surface area contributed by atoms with E-state index in [0.717, 1.165) is 5.76 Å². The van der Waals surface area contributed by atoms with Gasteiger partial charge >= 0.3 is 0 Å². The van der Waals surface area contributed by atoms with E-state index in [4.69, 9.17) is 4.42 Å². The zero-order valence-corrected chi connectivity index (χ0v) is 8.18. The quantitative estimate of drug-likeness (QED) is 0.603. The van der Waals surface area contributed by atoms with Gasteiger partial charge in [0.1, 0.15) is 5.76 Å². The molecular weight excluding hydrogens is 152 g/mol. The van der Waals surface area contributed by atoms with Crippen molar-refractivity contribution in [3.8, 4) is 0 Å². The molecule has 2 nitrogen and oxygen atoms in total. The Kier molecular flexibility index (Phi) is 5.09. The summed E-state index contributed by atoms with van der Waals surface area (Å²) in [5, 5.41) is 0. The molecule has 0 N–H and O–H groups in total. The number of carbonyl (C=O) groups is 1. The van der Waals surface area contributed by atoms with Crippen LogP contribution in [0.4, 0.5) is 0 Å². The van der Waals surface area contributed by atoms with E-state index in [0.29, 0.717) is 5.76 Å². The maximum Gasteiger partial charge on any atom is 0.194 e. The van der Waals surface area contributed by atoms with Gasteiger partial charge in [-0.1, -0.05) is 20.3 Å². The molecule has 0 spiro atoms. The fourth-order valence-corrected chi connectivity index (χ4v) is 0.624. The lowest BCUT2D eigenvalue weighted by Gasteiger charge is -1.83. The monoisotopic (exact) mass is 168 g/mol. The molecular formula is C10H16O2. The molecule has 0 bridgehead atoms. The molecule has 0 aromatic carbocycles. The number of furan rings is 1. The first-order chi connectivity index (χ1) is 5.61. The first-order valence-electron chi connectivity index (χ1n) is 4.19. The molecule has 0 radical (unpaired) electrons. The molecule has 68 valence electrons. The Balaban J connectivity index is 0.000000354. The van der Waals surface area contributed by atoms with Gasteiger partial charge in [0.2, 0.25) is 0 Å². The number of Topliss-reactive ketones (excluding diaryl/α,β-unsaturated/α-hetero) is 1. The van der Waals surface area contributed by atoms with Gasteiger partial charge in [-0.15, -0.1) is 0 Å². The summed E-state index contributed by atoms with van der Waals surface area (Å²) in [4.78, 5) is 10.6. The Morgan fingerprint density at radius 1 is 1.42 bits per heavy atom. The molecule has 0 aliphatic heterocycles. The second kappa shape index (κ2) is 5.58. The second-order valence-corrected chi connectivity index (χ2v) is 2.67. The molecule has 0 aliphatic carbocycles. The highest BCUT2D eigenvalue weighted by molar-refractivity contribution is 5.91. The van der Waals surface area contributed by atoms with E-state index in [1.54, 1.807) is 12.1 Å². The molecule has 1 aromatic heterocycles. The highest BCUT2D eigenvalue weighted by atomic mass is 16.3. The van der Waals surface area contributed by atoms with Gasteiger partial charge in [0.15, 0.2) is 11.5 Å². The molecule has 1 aromatic rings. The van der Waals surface area contributed by atoms with E-state index in [1.807, 2.05) is 6.92 Å². The molecule has 0 atom stereocenters. The lowest BCUT2D eigenvalue weighted by molar-refractivity contribution is 0.0986. The summed E-state index contributed by atoms with van der Waals surface area (Å²) in [5.74, 6) is 1.19. The summed E-state index contributed by atoms with van der Waals surface area (Å²) in [7, 11) is 0. The molecule has 0 aliphatic rings. The van der Waals surface area contributed by atoms with E-state index < -0.39 is 0 Å². The first-order valence-corrected chi connectivity index (χ1v) is 4.19. The molecule has 12 heavy (non-hydrogen) atoms. The van der Waals surface area contributed by atoms with Gasteiger partial charge in [0.05, 0.1) is 0 Å². The predicted molar refractivity (Wildman–Crippen MR) is 49.4 cm³/mol. The van der Waals surface area contributed by atoms with E-state index in [9.17, 15) is 4.79 Å². The van der Waals surface area contributed by atoms with Gasteiger partial charge in [-0.3, -0.25) is 4.79 Å². The molecule has 1 heterocycles. The van der Waals surface area contributed by atoms with Gasteiger partial charge in [-0.25, -0.2) is 0 Å². The van der Waals surface area contributed by atoms with Crippen molar-refractivity contribution in [2.45, 2.75) is 34.1 Å². The summed E-state index contributed by atoms with van der Waals surface area (Å²) in [6.07, 6.45) is 1.25. The van der Waals surface area contributed by atoms with E-state index in [-0.39, 0.29) is 5.78 Å². The van der Waals surface area contributed by atoms with E-state index in [1.165, 1.54) is 13.3 Å². The Bertz CT molecular complexity index is 236. The van der Waals surface area contributed by atoms with Crippen LogP contribution in [-0.2, 0) is 0 Å². The summed E-state index contributed by atoms with van der Waals surface area (Å²) in [5.41, 5.74) is 0. The number of rotatable bonds is 1. The number of carbonyl (C=O) groups excluding carboxylic acids is 1. The van der Waals surface area contributed by atoms with Crippen LogP contribution in [0.25, 0.3) is 0 Å². The minimum absolute atomic E-state index is 0.0249. The number of hydrogen-bond donors (Lipinski definition) is 0. The van der Waals surface area contributed by atoms with Crippen molar-refractivity contribution in [3.63, 3.8) is 0 Å². The van der Waals surface area contributed by atoms with Crippen LogP contribution in [0.3, 0.4) is 0 Å². The molecule has 2 heteroatoms. The topological polar surface area (TPSA) is 30.2 Å². The molecule has 0 saturated carbocycles. The smallest absolute Gasteiger partial charge is 0.194 e. The summed E-state index contributed by atoms with van der Waals surface area (Å²) in [6, 6.07) is 3.45. The maximum atomic E-state index is 10.6. The normalized spacial score (nSPS) is 8.67. The van der Waals surface area contributed by atoms with Crippen molar-refractivity contribution in [1.82, 2.24) is 0 Å². The van der Waals surface area contributed by atoms with Crippen LogP contribution < -0.4 is 0 Å². The van der Waals surface area contributed by atoms with Crippen LogP contribution in [0.5, 0.6) is 0 Å². The fraction of sp³-hybridized carbons (Fsp3) is 0.500. The van der Waals surface area contributed by atoms with Crippen LogP contribution in [0.2, 0.25) is 0 Å². The number of aryl methyl sites for hydroxylation is 1. The molecule has 0 unspecified atom stereocenters. The SMILES string of the molecule is CC(=O)c1ccc(C)o1.CCC. The largest absolute Gasteiger partial charge is 0.458 e. The third kappa shape index (κ3) is 3.96. The first kappa shape index (κ1) is 11.0. The lowest BCUT2D eigenvalue weighted by atomic mass is 10.3. The summed E-state index contributed by atoms with van der Waals surface area (Å²) in [6.45, 7) is 7.55. The van der Waals surface area contributed by atoms with Crippen molar-refractivity contribution < 1.29 is 9.21 Å². The maximum absolute atomic E-state index is 10.6. The van der Waals surface area contributed by atoms with Gasteiger partial charge in [-0.05, 0) is 19.1 Å². The molecule has 0 fully saturated rings. The van der Waals surface area contributed by atoms with Crippen LogP contribution in [0.15, 0.2) is 16.5 Å². The Labute approximate surface area is 73.6 Å². The van der Waals surface area contributed by atoms with Crippen molar-refractivity contribution in [2.24, 2.45) is 0 Å². The Hall–Kier alpha value is -1.05. The van der Waals surface area contributed by atoms with Crippen LogP contribution >= 0.6 is 0 Å². The third-order valence-electron chi connectivity index (χ3n) is 1.09. The van der Waals surface area contributed by atoms with Gasteiger partial charge in [-0.2, -0.15) is 0 Å². The second-order valence-electron chi connectivity index (χ2n) is 2.67. The summed E-state index contributed by atoms with van der Waals surface area (Å²) >= 11 is 0. The zero-order chi connectivity index (χ0) is 9.56. The minimum atomic E-state index is -0.0249. The minimum Gasteiger partial charge on any atom is -0.458 e. The summed E-state index contributed by atoms with van der Waals surface area (Å²) < 4.78 is 5.00. The Morgan fingerprint density at radius 3 is 2.08 bits per heavy atom. The average Bonchev–Trinajstić information content (AvgIpc) is 2.37. The van der Waals surface area contributed by atoms with Crippen LogP contribution in [0.1, 0.15) is 43.5 Å². The number of ketones is 1. The molecule has 1 rings (SSSR count). The van der Waals surface area contributed by atoms with Gasteiger partial charge in [0, 0.05) is 6.92 Å². The average molecular weight is 168 g/mol. The highest BCUT2D eigenvalue weighted by Crippen LogP contribution is 2.05. The van der Waals surface area contributed by atoms with Crippen molar-refractivity contribution >= 4 is 5.78 Å². The van der Waals surface area contributed by atoms with Crippen molar-refractivity contribution in [2.75, 3.05) is 0 Å². The molecule has 0 amide bonds. The van der Waals surface area contributed by atoms with E-state index >= 15 is 0 Å². The highest BCUT2D eigenvalue weighted by Gasteiger charge is 2.01. The molecule has 0 saturated heterocycles. The van der Waals surface area contributed by atoms with Crippen LogP contribution in [0, 0.1) is 6.92 Å². The van der Waals surface area contributed by atoms with Gasteiger partial charge < -0.3 is 4.42 Å². The standard InChI is InChI=1S/C7H8O2.C3H8/c1-5-3-4-7(9-5)6(2)8;1-3-2/h3-4H,1-2H3;3H2,1-2H3. The van der Waals surface area contributed by atoms with Crippen LogP contribution in [-0.4, -0.2) is 5.78 Å². The fourth-order valence-electron chi connectivity index (χ4n) is 0.624. The van der Waals surface area contributed by atoms with Crippen molar-refractivity contribution in [3.05, 3.63) is 23.7 Å². The Morgan fingerprint density at radius 2 is 1.92 bits per heavy atom. The predicted octanol–water partition coefficient (Wildman–Crippen LogP) is 3.21. The van der Waals surface area contributed by atoms with E-state index in [2.05, 4.69) is 13.8 Å². The third-order valence-corrected chi connectivity index (χ3v) is 1.09.